The van der Waals surface area contributed by atoms with Crippen molar-refractivity contribution < 1.29 is 14.0 Å². The van der Waals surface area contributed by atoms with Crippen LogP contribution in [0.25, 0.3) is 12.2 Å². The Morgan fingerprint density at radius 2 is 2.21 bits per heavy atom. The second-order valence-electron chi connectivity index (χ2n) is 4.50. The Bertz CT molecular complexity index is 585. The summed E-state index contributed by atoms with van der Waals surface area (Å²) in [7, 11) is 0. The molecular formula is C15H15NO3. The highest BCUT2D eigenvalue weighted by atomic mass is 16.6. The van der Waals surface area contributed by atoms with E-state index in [1.165, 1.54) is 0 Å². The zero-order valence-corrected chi connectivity index (χ0v) is 10.7. The standard InChI is InChI=1S/C15H15NO3/c1-11-8-13(16-19-11)7-6-12-4-2-3-5-15(12)18-10-14-9-17-14/h2-8,14H,9-10H2,1H3. The molecule has 1 aliphatic rings. The van der Waals surface area contributed by atoms with Gasteiger partial charge in [-0.3, -0.25) is 0 Å². The van der Waals surface area contributed by atoms with Crippen LogP contribution in [0, 0.1) is 6.92 Å². The fourth-order valence-corrected chi connectivity index (χ4v) is 1.74. The zero-order valence-electron chi connectivity index (χ0n) is 10.7. The van der Waals surface area contributed by atoms with E-state index in [1.54, 1.807) is 0 Å². The lowest BCUT2D eigenvalue weighted by molar-refractivity contribution is 0.262. The van der Waals surface area contributed by atoms with E-state index in [2.05, 4.69) is 5.16 Å². The average Bonchev–Trinajstić information content (AvgIpc) is 3.17. The molecule has 4 heteroatoms. The molecule has 2 heterocycles. The van der Waals surface area contributed by atoms with E-state index >= 15 is 0 Å². The highest BCUT2D eigenvalue weighted by Crippen LogP contribution is 2.22. The summed E-state index contributed by atoms with van der Waals surface area (Å²) in [5, 5.41) is 3.92. The largest absolute Gasteiger partial charge is 0.490 e. The molecule has 2 aromatic rings. The molecule has 1 fully saturated rings. The molecule has 1 unspecified atom stereocenters. The normalized spacial score (nSPS) is 17.8. The summed E-state index contributed by atoms with van der Waals surface area (Å²) < 4.78 is 15.9. The van der Waals surface area contributed by atoms with Gasteiger partial charge in [-0.05, 0) is 25.1 Å². The Balaban J connectivity index is 1.73. The summed E-state index contributed by atoms with van der Waals surface area (Å²) in [6.45, 7) is 3.28. The van der Waals surface area contributed by atoms with Gasteiger partial charge in [-0.25, -0.2) is 0 Å². The molecule has 98 valence electrons. The molecule has 0 radical (unpaired) electrons. The van der Waals surface area contributed by atoms with Crippen LogP contribution in [0.4, 0.5) is 0 Å². The van der Waals surface area contributed by atoms with Gasteiger partial charge in [0.1, 0.15) is 29.9 Å². The number of epoxide rings is 1. The predicted molar refractivity (Wildman–Crippen MR) is 71.8 cm³/mol. The van der Waals surface area contributed by atoms with Crippen molar-refractivity contribution in [2.24, 2.45) is 0 Å². The fraction of sp³-hybridized carbons (Fsp3) is 0.267. The lowest BCUT2D eigenvalue weighted by atomic mass is 10.1. The monoisotopic (exact) mass is 257 g/mol. The quantitative estimate of drug-likeness (QED) is 0.773. The minimum atomic E-state index is 0.259. The SMILES string of the molecule is Cc1cc(C=Cc2ccccc2OCC2CO2)no1. The molecule has 3 rings (SSSR count). The van der Waals surface area contributed by atoms with E-state index in [9.17, 15) is 0 Å². The van der Waals surface area contributed by atoms with Crippen LogP contribution >= 0.6 is 0 Å². The van der Waals surface area contributed by atoms with Crippen LogP contribution in [0.3, 0.4) is 0 Å². The molecular weight excluding hydrogens is 242 g/mol. The summed E-state index contributed by atoms with van der Waals surface area (Å²) >= 11 is 0. The predicted octanol–water partition coefficient (Wildman–Crippen LogP) is 2.93. The molecule has 4 nitrogen and oxygen atoms in total. The van der Waals surface area contributed by atoms with Gasteiger partial charge in [0.2, 0.25) is 0 Å². The van der Waals surface area contributed by atoms with E-state index in [0.717, 1.165) is 29.4 Å². The van der Waals surface area contributed by atoms with Crippen molar-refractivity contribution in [2.45, 2.75) is 13.0 Å². The third-order valence-corrected chi connectivity index (χ3v) is 2.83. The van der Waals surface area contributed by atoms with Crippen LogP contribution in [0.2, 0.25) is 0 Å². The highest BCUT2D eigenvalue weighted by molar-refractivity contribution is 5.71. The van der Waals surface area contributed by atoms with Crippen LogP contribution in [0.5, 0.6) is 5.75 Å². The third kappa shape index (κ3) is 3.23. The number of rotatable bonds is 5. The van der Waals surface area contributed by atoms with Crippen molar-refractivity contribution in [1.82, 2.24) is 5.16 Å². The number of hydrogen-bond acceptors (Lipinski definition) is 4. The number of ether oxygens (including phenoxy) is 2. The summed E-state index contributed by atoms with van der Waals surface area (Å²) in [4.78, 5) is 0. The second kappa shape index (κ2) is 5.28. The fourth-order valence-electron chi connectivity index (χ4n) is 1.74. The lowest BCUT2D eigenvalue weighted by Crippen LogP contribution is -2.04. The van der Waals surface area contributed by atoms with Crippen LogP contribution in [0.15, 0.2) is 34.9 Å². The van der Waals surface area contributed by atoms with Gasteiger partial charge >= 0.3 is 0 Å². The number of para-hydroxylation sites is 1. The Morgan fingerprint density at radius 1 is 1.37 bits per heavy atom. The average molecular weight is 257 g/mol. The summed E-state index contributed by atoms with van der Waals surface area (Å²) in [6, 6.07) is 9.79. The van der Waals surface area contributed by atoms with Gasteiger partial charge < -0.3 is 14.0 Å². The van der Waals surface area contributed by atoms with Gasteiger partial charge in [0.25, 0.3) is 0 Å². The van der Waals surface area contributed by atoms with Gasteiger partial charge in [0.05, 0.1) is 6.61 Å². The van der Waals surface area contributed by atoms with Crippen LogP contribution in [0.1, 0.15) is 17.0 Å². The van der Waals surface area contributed by atoms with Gasteiger partial charge in [-0.2, -0.15) is 0 Å². The number of benzene rings is 1. The number of aryl methyl sites for hydroxylation is 1. The summed E-state index contributed by atoms with van der Waals surface area (Å²) in [6.07, 6.45) is 4.14. The van der Waals surface area contributed by atoms with Crippen LogP contribution < -0.4 is 4.74 Å². The van der Waals surface area contributed by atoms with Gasteiger partial charge in [-0.15, -0.1) is 0 Å². The molecule has 1 atom stereocenters. The molecule has 0 bridgehead atoms. The minimum absolute atomic E-state index is 0.259. The van der Waals surface area contributed by atoms with Crippen molar-refractivity contribution in [3.63, 3.8) is 0 Å². The van der Waals surface area contributed by atoms with Crippen LogP contribution in [-0.4, -0.2) is 24.5 Å². The second-order valence-corrected chi connectivity index (χ2v) is 4.50. The Labute approximate surface area is 111 Å². The Kier molecular flexibility index (Phi) is 3.33. The maximum atomic E-state index is 5.73. The molecule has 0 N–H and O–H groups in total. The van der Waals surface area contributed by atoms with Crippen molar-refractivity contribution >= 4 is 12.2 Å². The molecule has 0 spiro atoms. The first-order valence-electron chi connectivity index (χ1n) is 6.26. The van der Waals surface area contributed by atoms with E-state index in [0.29, 0.717) is 6.61 Å². The third-order valence-electron chi connectivity index (χ3n) is 2.83. The Hall–Kier alpha value is -2.07. The van der Waals surface area contributed by atoms with Gasteiger partial charge in [-0.1, -0.05) is 23.4 Å². The van der Waals surface area contributed by atoms with Crippen molar-refractivity contribution in [3.05, 3.63) is 47.3 Å². The van der Waals surface area contributed by atoms with E-state index in [1.807, 2.05) is 49.4 Å². The molecule has 0 amide bonds. The van der Waals surface area contributed by atoms with Crippen molar-refractivity contribution in [1.29, 1.82) is 0 Å². The first-order chi connectivity index (χ1) is 9.31. The molecule has 0 aliphatic carbocycles. The molecule has 0 saturated carbocycles. The number of nitrogens with zero attached hydrogens (tertiary/aromatic N) is 1. The Morgan fingerprint density at radius 3 is 2.95 bits per heavy atom. The van der Waals surface area contributed by atoms with Crippen LogP contribution in [-0.2, 0) is 4.74 Å². The molecule has 19 heavy (non-hydrogen) atoms. The lowest BCUT2D eigenvalue weighted by Gasteiger charge is -2.07. The highest BCUT2D eigenvalue weighted by Gasteiger charge is 2.23. The maximum Gasteiger partial charge on any atom is 0.134 e. The topological polar surface area (TPSA) is 47.8 Å². The minimum Gasteiger partial charge on any atom is -0.490 e. The van der Waals surface area contributed by atoms with E-state index in [-0.39, 0.29) is 6.10 Å². The van der Waals surface area contributed by atoms with Crippen molar-refractivity contribution in [2.75, 3.05) is 13.2 Å². The maximum absolute atomic E-state index is 5.73. The smallest absolute Gasteiger partial charge is 0.134 e. The van der Waals surface area contributed by atoms with Gasteiger partial charge in [0, 0.05) is 11.6 Å². The molecule has 1 aromatic heterocycles. The summed E-state index contributed by atoms with van der Waals surface area (Å²) in [5.41, 5.74) is 1.82. The zero-order chi connectivity index (χ0) is 13.1. The number of hydrogen-bond donors (Lipinski definition) is 0. The van der Waals surface area contributed by atoms with E-state index in [4.69, 9.17) is 14.0 Å². The summed E-state index contributed by atoms with van der Waals surface area (Å²) in [5.74, 6) is 1.66. The van der Waals surface area contributed by atoms with E-state index < -0.39 is 0 Å². The molecule has 1 saturated heterocycles. The number of aromatic nitrogens is 1. The van der Waals surface area contributed by atoms with Gasteiger partial charge in [0.15, 0.2) is 0 Å². The first-order valence-corrected chi connectivity index (χ1v) is 6.26. The molecule has 1 aliphatic heterocycles. The molecule has 1 aromatic carbocycles. The first kappa shape index (κ1) is 12.0. The van der Waals surface area contributed by atoms with Crippen molar-refractivity contribution in [3.8, 4) is 5.75 Å².